The molecule has 1 N–H and O–H groups in total. The van der Waals surface area contributed by atoms with Gasteiger partial charge in [-0.05, 0) is 42.7 Å². The molecule has 0 spiro atoms. The molecule has 0 bridgehead atoms. The molecule has 3 rings (SSSR count). The second-order valence-electron chi connectivity index (χ2n) is 5.30. The fourth-order valence-corrected chi connectivity index (χ4v) is 4.12. The number of halogens is 1. The van der Waals surface area contributed by atoms with Crippen LogP contribution in [0, 0.1) is 0 Å². The lowest BCUT2D eigenvalue weighted by molar-refractivity contribution is 0.483. The van der Waals surface area contributed by atoms with Gasteiger partial charge in [0.2, 0.25) is 0 Å². The molecule has 20 heavy (non-hydrogen) atoms. The van der Waals surface area contributed by atoms with E-state index in [2.05, 4.69) is 76.7 Å². The maximum atomic E-state index is 3.77. The van der Waals surface area contributed by atoms with E-state index in [1.165, 1.54) is 16.0 Å². The first-order valence-electron chi connectivity index (χ1n) is 6.94. The number of hydrogen-bond acceptors (Lipinski definition) is 2. The third kappa shape index (κ3) is 3.27. The SMILES string of the molecule is CC(Cc1ccc(Br)cc1)NC1CSc2ccccc21. The van der Waals surface area contributed by atoms with E-state index in [1.54, 1.807) is 0 Å². The number of thioether (sulfide) groups is 1. The molecule has 104 valence electrons. The normalized spacial score (nSPS) is 18.8. The highest BCUT2D eigenvalue weighted by Crippen LogP contribution is 2.37. The predicted octanol–water partition coefficient (Wildman–Crippen LogP) is 4.82. The van der Waals surface area contributed by atoms with Gasteiger partial charge in [-0.2, -0.15) is 0 Å². The van der Waals surface area contributed by atoms with Gasteiger partial charge in [0.1, 0.15) is 0 Å². The van der Waals surface area contributed by atoms with Crippen LogP contribution in [-0.2, 0) is 6.42 Å². The van der Waals surface area contributed by atoms with Crippen LogP contribution in [-0.4, -0.2) is 11.8 Å². The van der Waals surface area contributed by atoms with Crippen LogP contribution in [0.5, 0.6) is 0 Å². The van der Waals surface area contributed by atoms with E-state index in [9.17, 15) is 0 Å². The molecule has 0 aliphatic carbocycles. The van der Waals surface area contributed by atoms with Crippen LogP contribution >= 0.6 is 27.7 Å². The molecule has 0 radical (unpaired) electrons. The van der Waals surface area contributed by atoms with Crippen molar-refractivity contribution in [2.24, 2.45) is 0 Å². The largest absolute Gasteiger partial charge is 0.306 e. The molecule has 0 saturated heterocycles. The van der Waals surface area contributed by atoms with Crippen molar-refractivity contribution in [2.45, 2.75) is 30.3 Å². The van der Waals surface area contributed by atoms with Gasteiger partial charge in [0, 0.05) is 27.2 Å². The fraction of sp³-hybridized carbons (Fsp3) is 0.294. The van der Waals surface area contributed by atoms with E-state index >= 15 is 0 Å². The highest BCUT2D eigenvalue weighted by molar-refractivity contribution is 9.10. The Labute approximate surface area is 133 Å². The summed E-state index contributed by atoms with van der Waals surface area (Å²) in [6, 6.07) is 18.3. The second kappa shape index (κ2) is 6.33. The van der Waals surface area contributed by atoms with Gasteiger partial charge < -0.3 is 5.32 Å². The quantitative estimate of drug-likeness (QED) is 0.850. The Morgan fingerprint density at radius 2 is 1.95 bits per heavy atom. The summed E-state index contributed by atoms with van der Waals surface area (Å²) in [6.07, 6.45) is 1.07. The minimum absolute atomic E-state index is 0.480. The zero-order chi connectivity index (χ0) is 13.9. The number of hydrogen-bond donors (Lipinski definition) is 1. The Bertz CT molecular complexity index is 582. The van der Waals surface area contributed by atoms with Crippen LogP contribution in [0.1, 0.15) is 24.1 Å². The predicted molar refractivity (Wildman–Crippen MR) is 90.4 cm³/mol. The van der Waals surface area contributed by atoms with Crippen molar-refractivity contribution in [3.05, 3.63) is 64.1 Å². The average molecular weight is 348 g/mol. The van der Waals surface area contributed by atoms with E-state index in [0.29, 0.717) is 12.1 Å². The monoisotopic (exact) mass is 347 g/mol. The second-order valence-corrected chi connectivity index (χ2v) is 7.28. The van der Waals surface area contributed by atoms with E-state index < -0.39 is 0 Å². The smallest absolute Gasteiger partial charge is 0.0428 e. The topological polar surface area (TPSA) is 12.0 Å². The average Bonchev–Trinajstić information content (AvgIpc) is 2.85. The molecule has 2 atom stereocenters. The summed E-state index contributed by atoms with van der Waals surface area (Å²) >= 11 is 5.44. The van der Waals surface area contributed by atoms with Crippen molar-refractivity contribution in [2.75, 3.05) is 5.75 Å². The minimum Gasteiger partial charge on any atom is -0.306 e. The molecule has 2 aromatic rings. The van der Waals surface area contributed by atoms with Crippen molar-refractivity contribution < 1.29 is 0 Å². The van der Waals surface area contributed by atoms with Crippen LogP contribution in [0.4, 0.5) is 0 Å². The first kappa shape index (κ1) is 14.2. The standard InChI is InChI=1S/C17H18BrNS/c1-12(10-13-6-8-14(18)9-7-13)19-16-11-20-17-5-3-2-4-15(16)17/h2-9,12,16,19H,10-11H2,1H3. The van der Waals surface area contributed by atoms with E-state index in [4.69, 9.17) is 0 Å². The van der Waals surface area contributed by atoms with Gasteiger partial charge in [0.25, 0.3) is 0 Å². The Balaban J connectivity index is 1.62. The summed E-state index contributed by atoms with van der Waals surface area (Å²) < 4.78 is 1.14. The van der Waals surface area contributed by atoms with E-state index in [0.717, 1.165) is 16.6 Å². The summed E-state index contributed by atoms with van der Waals surface area (Å²) in [6.45, 7) is 2.27. The molecule has 2 aromatic carbocycles. The van der Waals surface area contributed by atoms with Crippen molar-refractivity contribution in [3.8, 4) is 0 Å². The number of nitrogens with one attached hydrogen (secondary N) is 1. The Hall–Kier alpha value is -0.770. The number of fused-ring (bicyclic) bond motifs is 1. The fourth-order valence-electron chi connectivity index (χ4n) is 2.68. The molecule has 3 heteroatoms. The summed E-state index contributed by atoms with van der Waals surface area (Å²) in [5.41, 5.74) is 2.84. The Kier molecular flexibility index (Phi) is 4.49. The lowest BCUT2D eigenvalue weighted by Gasteiger charge is -2.20. The summed E-state index contributed by atoms with van der Waals surface area (Å²) in [7, 11) is 0. The third-order valence-electron chi connectivity index (χ3n) is 3.64. The highest BCUT2D eigenvalue weighted by Gasteiger charge is 2.23. The van der Waals surface area contributed by atoms with Crippen LogP contribution in [0.3, 0.4) is 0 Å². The lowest BCUT2D eigenvalue weighted by atomic mass is 10.0. The van der Waals surface area contributed by atoms with Gasteiger partial charge in [-0.25, -0.2) is 0 Å². The maximum absolute atomic E-state index is 3.77. The van der Waals surface area contributed by atoms with Gasteiger partial charge in [0.05, 0.1) is 0 Å². The van der Waals surface area contributed by atoms with Crippen LogP contribution < -0.4 is 5.32 Å². The molecule has 1 aliphatic heterocycles. The van der Waals surface area contributed by atoms with Gasteiger partial charge in [-0.15, -0.1) is 11.8 Å². The summed E-state index contributed by atoms with van der Waals surface area (Å²) in [5, 5.41) is 3.77. The Morgan fingerprint density at radius 1 is 1.20 bits per heavy atom. The van der Waals surface area contributed by atoms with Crippen molar-refractivity contribution in [1.82, 2.24) is 5.32 Å². The lowest BCUT2D eigenvalue weighted by Crippen LogP contribution is -2.32. The number of benzene rings is 2. The van der Waals surface area contributed by atoms with Crippen LogP contribution in [0.15, 0.2) is 57.9 Å². The molecule has 1 heterocycles. The summed E-state index contributed by atoms with van der Waals surface area (Å²) in [5.74, 6) is 1.14. The molecular formula is C17H18BrNS. The van der Waals surface area contributed by atoms with E-state index in [-0.39, 0.29) is 0 Å². The van der Waals surface area contributed by atoms with Crippen molar-refractivity contribution >= 4 is 27.7 Å². The molecule has 2 unspecified atom stereocenters. The molecular weight excluding hydrogens is 330 g/mol. The van der Waals surface area contributed by atoms with Gasteiger partial charge in [-0.1, -0.05) is 46.3 Å². The molecule has 0 fully saturated rings. The maximum Gasteiger partial charge on any atom is 0.0428 e. The van der Waals surface area contributed by atoms with Gasteiger partial charge in [0.15, 0.2) is 0 Å². The minimum atomic E-state index is 0.480. The third-order valence-corrected chi connectivity index (χ3v) is 5.35. The molecule has 1 nitrogen and oxygen atoms in total. The molecule has 0 aromatic heterocycles. The van der Waals surface area contributed by atoms with Crippen molar-refractivity contribution in [1.29, 1.82) is 0 Å². The van der Waals surface area contributed by atoms with Crippen LogP contribution in [0.2, 0.25) is 0 Å². The van der Waals surface area contributed by atoms with Crippen molar-refractivity contribution in [3.63, 3.8) is 0 Å². The van der Waals surface area contributed by atoms with E-state index in [1.807, 2.05) is 11.8 Å². The number of rotatable bonds is 4. The highest BCUT2D eigenvalue weighted by atomic mass is 79.9. The molecule has 0 saturated carbocycles. The zero-order valence-corrected chi connectivity index (χ0v) is 13.9. The molecule has 1 aliphatic rings. The van der Waals surface area contributed by atoms with Crippen LogP contribution in [0.25, 0.3) is 0 Å². The van der Waals surface area contributed by atoms with Gasteiger partial charge >= 0.3 is 0 Å². The molecule has 0 amide bonds. The zero-order valence-electron chi connectivity index (χ0n) is 11.5. The van der Waals surface area contributed by atoms with Gasteiger partial charge in [-0.3, -0.25) is 0 Å². The first-order chi connectivity index (χ1) is 9.72. The summed E-state index contributed by atoms with van der Waals surface area (Å²) in [4.78, 5) is 1.43. The first-order valence-corrected chi connectivity index (χ1v) is 8.72. The Morgan fingerprint density at radius 3 is 2.75 bits per heavy atom.